The Morgan fingerprint density at radius 3 is 2.41 bits per heavy atom. The van der Waals surface area contributed by atoms with Crippen LogP contribution < -0.4 is 4.74 Å². The van der Waals surface area contributed by atoms with Crippen molar-refractivity contribution < 1.29 is 9.94 Å². The average Bonchev–Trinajstić information content (AvgIpc) is 2.40. The van der Waals surface area contributed by atoms with E-state index < -0.39 is 0 Å². The van der Waals surface area contributed by atoms with Crippen LogP contribution in [0.5, 0.6) is 5.75 Å². The van der Waals surface area contributed by atoms with Gasteiger partial charge in [0.2, 0.25) is 0 Å². The van der Waals surface area contributed by atoms with Crippen molar-refractivity contribution in [3.63, 3.8) is 0 Å². The lowest BCUT2D eigenvalue weighted by Crippen LogP contribution is -2.19. The molecule has 0 amide bonds. The van der Waals surface area contributed by atoms with Gasteiger partial charge in [-0.3, -0.25) is 0 Å². The van der Waals surface area contributed by atoms with Gasteiger partial charge in [-0.15, -0.1) is 0 Å². The van der Waals surface area contributed by atoms with E-state index in [-0.39, 0.29) is 0 Å². The van der Waals surface area contributed by atoms with Crippen LogP contribution in [-0.4, -0.2) is 17.0 Å². The molecule has 0 saturated heterocycles. The zero-order valence-corrected chi connectivity index (χ0v) is 10.2. The fraction of sp³-hybridized carbons (Fsp3) is 0.500. The maximum absolute atomic E-state index is 8.68. The molecule has 2 rings (SSSR count). The lowest BCUT2D eigenvalue weighted by molar-refractivity contribution is 0.155. The topological polar surface area (TPSA) is 41.8 Å². The van der Waals surface area contributed by atoms with Crippen LogP contribution in [0.2, 0.25) is 0 Å². The van der Waals surface area contributed by atoms with Crippen LogP contribution in [0.3, 0.4) is 0 Å². The smallest absolute Gasteiger partial charge is 0.119 e. The molecule has 0 atom stereocenters. The van der Waals surface area contributed by atoms with Crippen LogP contribution >= 0.6 is 0 Å². The molecule has 92 valence electrons. The predicted octanol–water partition coefficient (Wildman–Crippen LogP) is 3.60. The van der Waals surface area contributed by atoms with E-state index in [1.54, 1.807) is 6.92 Å². The molecule has 1 fully saturated rings. The molecule has 0 aromatic heterocycles. The van der Waals surface area contributed by atoms with Gasteiger partial charge in [-0.25, -0.2) is 0 Å². The van der Waals surface area contributed by atoms with E-state index in [1.165, 1.54) is 32.1 Å². The zero-order chi connectivity index (χ0) is 12.1. The standard InChI is InChI=1S/C14H19NO2/c1-11(15-16)12-7-9-14(10-8-12)17-13-5-3-2-4-6-13/h7-10,13,16H,2-6H2,1H3/b15-11+. The minimum Gasteiger partial charge on any atom is -0.490 e. The second-order valence-corrected chi connectivity index (χ2v) is 4.59. The van der Waals surface area contributed by atoms with E-state index in [0.717, 1.165) is 11.3 Å². The summed E-state index contributed by atoms with van der Waals surface area (Å²) >= 11 is 0. The van der Waals surface area contributed by atoms with Gasteiger partial charge in [-0.2, -0.15) is 0 Å². The average molecular weight is 233 g/mol. The second kappa shape index (κ2) is 5.71. The van der Waals surface area contributed by atoms with E-state index in [1.807, 2.05) is 24.3 Å². The SMILES string of the molecule is C/C(=N\O)c1ccc(OC2CCCCC2)cc1. The number of nitrogens with zero attached hydrogens (tertiary/aromatic N) is 1. The van der Waals surface area contributed by atoms with Gasteiger partial charge in [0.25, 0.3) is 0 Å². The Bertz CT molecular complexity index is 378. The maximum Gasteiger partial charge on any atom is 0.119 e. The molecule has 0 radical (unpaired) electrons. The molecule has 1 aliphatic rings. The Balaban J connectivity index is 1.97. The van der Waals surface area contributed by atoms with Gasteiger partial charge in [0.1, 0.15) is 5.75 Å². The third kappa shape index (κ3) is 3.22. The first-order valence-corrected chi connectivity index (χ1v) is 6.25. The molecule has 0 aliphatic heterocycles. The van der Waals surface area contributed by atoms with Crippen molar-refractivity contribution in [2.24, 2.45) is 5.16 Å². The molecule has 1 aliphatic carbocycles. The summed E-state index contributed by atoms with van der Waals surface area (Å²) < 4.78 is 5.92. The third-order valence-electron chi connectivity index (χ3n) is 3.28. The Morgan fingerprint density at radius 2 is 1.82 bits per heavy atom. The molecule has 3 heteroatoms. The lowest BCUT2D eigenvalue weighted by atomic mass is 9.98. The maximum atomic E-state index is 8.68. The van der Waals surface area contributed by atoms with Crippen molar-refractivity contribution >= 4 is 5.71 Å². The Kier molecular flexibility index (Phi) is 4.02. The molecule has 1 aromatic rings. The van der Waals surface area contributed by atoms with Crippen LogP contribution in [0, 0.1) is 0 Å². The van der Waals surface area contributed by atoms with Gasteiger partial charge in [0, 0.05) is 0 Å². The van der Waals surface area contributed by atoms with Crippen LogP contribution in [0.25, 0.3) is 0 Å². The molecule has 0 bridgehead atoms. The predicted molar refractivity (Wildman–Crippen MR) is 67.9 cm³/mol. The number of benzene rings is 1. The van der Waals surface area contributed by atoms with Crippen molar-refractivity contribution in [3.05, 3.63) is 29.8 Å². The largest absolute Gasteiger partial charge is 0.490 e. The van der Waals surface area contributed by atoms with Gasteiger partial charge in [-0.05, 0) is 62.4 Å². The van der Waals surface area contributed by atoms with E-state index in [4.69, 9.17) is 9.94 Å². The molecule has 3 nitrogen and oxygen atoms in total. The summed E-state index contributed by atoms with van der Waals surface area (Å²) in [4.78, 5) is 0. The van der Waals surface area contributed by atoms with Crippen molar-refractivity contribution in [3.8, 4) is 5.75 Å². The summed E-state index contributed by atoms with van der Waals surface area (Å²) in [5.74, 6) is 0.909. The van der Waals surface area contributed by atoms with Crippen LogP contribution in [0.4, 0.5) is 0 Å². The van der Waals surface area contributed by atoms with Crippen molar-refractivity contribution in [2.75, 3.05) is 0 Å². The normalized spacial score (nSPS) is 18.1. The highest BCUT2D eigenvalue weighted by molar-refractivity contribution is 5.98. The summed E-state index contributed by atoms with van der Waals surface area (Å²) in [5, 5.41) is 11.9. The first-order chi connectivity index (χ1) is 8.29. The summed E-state index contributed by atoms with van der Waals surface area (Å²) in [5.41, 5.74) is 1.54. The summed E-state index contributed by atoms with van der Waals surface area (Å²) in [7, 11) is 0. The number of oxime groups is 1. The third-order valence-corrected chi connectivity index (χ3v) is 3.28. The van der Waals surface area contributed by atoms with Crippen LogP contribution in [0.15, 0.2) is 29.4 Å². The highest BCUT2D eigenvalue weighted by Gasteiger charge is 2.14. The van der Waals surface area contributed by atoms with E-state index in [9.17, 15) is 0 Å². The summed E-state index contributed by atoms with van der Waals surface area (Å²) in [6, 6.07) is 7.73. The lowest BCUT2D eigenvalue weighted by Gasteiger charge is -2.23. The zero-order valence-electron chi connectivity index (χ0n) is 10.2. The monoisotopic (exact) mass is 233 g/mol. The molecule has 1 N–H and O–H groups in total. The molecule has 17 heavy (non-hydrogen) atoms. The summed E-state index contributed by atoms with van der Waals surface area (Å²) in [6.07, 6.45) is 6.60. The minimum absolute atomic E-state index is 0.377. The van der Waals surface area contributed by atoms with Crippen molar-refractivity contribution in [1.82, 2.24) is 0 Å². The van der Waals surface area contributed by atoms with Gasteiger partial charge < -0.3 is 9.94 Å². The molecular formula is C14H19NO2. The van der Waals surface area contributed by atoms with Gasteiger partial charge in [0.05, 0.1) is 11.8 Å². The number of rotatable bonds is 3. The Labute approximate surface area is 102 Å². The quantitative estimate of drug-likeness (QED) is 0.492. The van der Waals surface area contributed by atoms with Gasteiger partial charge >= 0.3 is 0 Å². The number of ether oxygens (including phenoxy) is 1. The van der Waals surface area contributed by atoms with Crippen LogP contribution in [-0.2, 0) is 0 Å². The highest BCUT2D eigenvalue weighted by Crippen LogP contribution is 2.23. The summed E-state index contributed by atoms with van der Waals surface area (Å²) in [6.45, 7) is 1.77. The Morgan fingerprint density at radius 1 is 1.18 bits per heavy atom. The number of hydrogen-bond acceptors (Lipinski definition) is 3. The molecular weight excluding hydrogens is 214 g/mol. The number of hydrogen-bond donors (Lipinski definition) is 1. The van der Waals surface area contributed by atoms with E-state index in [2.05, 4.69) is 5.16 Å². The first-order valence-electron chi connectivity index (χ1n) is 6.25. The Hall–Kier alpha value is -1.51. The van der Waals surface area contributed by atoms with Gasteiger partial charge in [0.15, 0.2) is 0 Å². The minimum atomic E-state index is 0.377. The molecule has 0 heterocycles. The van der Waals surface area contributed by atoms with Crippen molar-refractivity contribution in [1.29, 1.82) is 0 Å². The first kappa shape index (κ1) is 12.0. The molecule has 0 spiro atoms. The molecule has 1 aromatic carbocycles. The fourth-order valence-electron chi connectivity index (χ4n) is 2.21. The molecule has 0 unspecified atom stereocenters. The highest BCUT2D eigenvalue weighted by atomic mass is 16.5. The van der Waals surface area contributed by atoms with Crippen molar-refractivity contribution in [2.45, 2.75) is 45.1 Å². The van der Waals surface area contributed by atoms with E-state index >= 15 is 0 Å². The molecule has 1 saturated carbocycles. The van der Waals surface area contributed by atoms with Gasteiger partial charge in [-0.1, -0.05) is 11.6 Å². The fourth-order valence-corrected chi connectivity index (χ4v) is 2.21. The van der Waals surface area contributed by atoms with Crippen LogP contribution in [0.1, 0.15) is 44.6 Å². The second-order valence-electron chi connectivity index (χ2n) is 4.59. The van der Waals surface area contributed by atoms with E-state index in [0.29, 0.717) is 11.8 Å².